The Balaban J connectivity index is 1.68. The number of aromatic amines is 1. The Morgan fingerprint density at radius 3 is 2.48 bits per heavy atom. The van der Waals surface area contributed by atoms with Crippen molar-refractivity contribution < 1.29 is 4.63 Å². The molecule has 5 rings (SSSR count). The van der Waals surface area contributed by atoms with Crippen LogP contribution in [0, 0.1) is 0 Å². The van der Waals surface area contributed by atoms with Gasteiger partial charge in [-0.2, -0.15) is 0 Å². The first kappa shape index (κ1) is 19.7. The zero-order valence-electron chi connectivity index (χ0n) is 17.8. The average Bonchev–Trinajstić information content (AvgIpc) is 3.42. The van der Waals surface area contributed by atoms with E-state index >= 15 is 0 Å². The standard InChI is InChI=1S/C22H26N8O/c1-3-16-15(13-30-11-9-29(2)10-12-30)18-19(17(24-16)14-7-5-4-6-8-14)26-22(25-18)20-21(23)28-31-27-20/h4-8H,3,9-13H2,1-2H3,(H2,23,28)(H,25,26). The van der Waals surface area contributed by atoms with Gasteiger partial charge in [0.05, 0.1) is 16.7 Å². The lowest BCUT2D eigenvalue weighted by molar-refractivity contribution is 0.148. The van der Waals surface area contributed by atoms with Crippen molar-refractivity contribution in [2.24, 2.45) is 0 Å². The third-order valence-corrected chi connectivity index (χ3v) is 5.92. The zero-order valence-corrected chi connectivity index (χ0v) is 17.8. The SMILES string of the molecule is CCc1nc(-c2ccccc2)c2[nH]c(-c3nonc3N)nc2c1CN1CCN(C)CC1. The second-order valence-corrected chi connectivity index (χ2v) is 7.99. The van der Waals surface area contributed by atoms with Crippen LogP contribution < -0.4 is 5.73 Å². The maximum atomic E-state index is 5.94. The topological polar surface area (TPSA) is 113 Å². The Morgan fingerprint density at radius 2 is 1.81 bits per heavy atom. The predicted octanol–water partition coefficient (Wildman–Crippen LogP) is 2.57. The highest BCUT2D eigenvalue weighted by Gasteiger charge is 2.23. The number of H-pyrrole nitrogens is 1. The van der Waals surface area contributed by atoms with E-state index < -0.39 is 0 Å². The number of nitrogens with two attached hydrogens (primary N) is 1. The summed E-state index contributed by atoms with van der Waals surface area (Å²) in [5.41, 5.74) is 12.3. The first-order valence-electron chi connectivity index (χ1n) is 10.6. The van der Waals surface area contributed by atoms with Gasteiger partial charge in [-0.05, 0) is 23.8 Å². The summed E-state index contributed by atoms with van der Waals surface area (Å²) in [7, 11) is 2.17. The van der Waals surface area contributed by atoms with Crippen LogP contribution in [0.25, 0.3) is 33.8 Å². The van der Waals surface area contributed by atoms with Gasteiger partial charge in [0, 0.05) is 49.5 Å². The van der Waals surface area contributed by atoms with Crippen molar-refractivity contribution in [3.05, 3.63) is 41.6 Å². The van der Waals surface area contributed by atoms with E-state index in [1.54, 1.807) is 0 Å². The summed E-state index contributed by atoms with van der Waals surface area (Å²) in [5.74, 6) is 0.755. The van der Waals surface area contributed by atoms with Crippen molar-refractivity contribution in [3.63, 3.8) is 0 Å². The molecular formula is C22H26N8O. The number of aromatic nitrogens is 5. The number of imidazole rings is 1. The fourth-order valence-corrected chi connectivity index (χ4v) is 4.12. The number of hydrogen-bond donors (Lipinski definition) is 2. The maximum absolute atomic E-state index is 5.94. The van der Waals surface area contributed by atoms with Gasteiger partial charge >= 0.3 is 0 Å². The van der Waals surface area contributed by atoms with Crippen molar-refractivity contribution in [1.29, 1.82) is 0 Å². The van der Waals surface area contributed by atoms with E-state index in [9.17, 15) is 0 Å². The van der Waals surface area contributed by atoms with Gasteiger partial charge in [0.2, 0.25) is 0 Å². The van der Waals surface area contributed by atoms with E-state index in [0.717, 1.165) is 72.7 Å². The van der Waals surface area contributed by atoms with Gasteiger partial charge < -0.3 is 15.6 Å². The monoisotopic (exact) mass is 418 g/mol. The highest BCUT2D eigenvalue weighted by atomic mass is 16.6. The first-order chi connectivity index (χ1) is 15.1. The molecular weight excluding hydrogens is 392 g/mol. The van der Waals surface area contributed by atoms with Crippen LogP contribution in [0.1, 0.15) is 18.2 Å². The van der Waals surface area contributed by atoms with Crippen LogP contribution in [0.3, 0.4) is 0 Å². The van der Waals surface area contributed by atoms with Gasteiger partial charge in [-0.3, -0.25) is 9.88 Å². The smallest absolute Gasteiger partial charge is 0.199 e. The number of nitrogen functional groups attached to an aromatic ring is 1. The van der Waals surface area contributed by atoms with Gasteiger partial charge in [0.15, 0.2) is 17.3 Å². The highest BCUT2D eigenvalue weighted by molar-refractivity contribution is 5.94. The maximum Gasteiger partial charge on any atom is 0.199 e. The minimum atomic E-state index is 0.213. The van der Waals surface area contributed by atoms with Gasteiger partial charge in [0.1, 0.15) is 0 Å². The fourth-order valence-electron chi connectivity index (χ4n) is 4.12. The molecule has 0 aliphatic carbocycles. The van der Waals surface area contributed by atoms with Crippen LogP contribution in [0.15, 0.2) is 35.0 Å². The molecule has 0 radical (unpaired) electrons. The molecule has 160 valence electrons. The van der Waals surface area contributed by atoms with Crippen LogP contribution in [-0.4, -0.2) is 68.3 Å². The molecule has 31 heavy (non-hydrogen) atoms. The van der Waals surface area contributed by atoms with Gasteiger partial charge in [0.25, 0.3) is 0 Å². The number of fused-ring (bicyclic) bond motifs is 1. The molecule has 1 aromatic carbocycles. The highest BCUT2D eigenvalue weighted by Crippen LogP contribution is 2.33. The molecule has 4 heterocycles. The number of nitrogens with one attached hydrogen (secondary N) is 1. The van der Waals surface area contributed by atoms with E-state index in [2.05, 4.69) is 51.2 Å². The summed E-state index contributed by atoms with van der Waals surface area (Å²) in [5, 5.41) is 7.64. The molecule has 4 aromatic rings. The minimum Gasteiger partial charge on any atom is -0.379 e. The quantitative estimate of drug-likeness (QED) is 0.508. The molecule has 0 amide bonds. The lowest BCUT2D eigenvalue weighted by atomic mass is 10.0. The van der Waals surface area contributed by atoms with Crippen molar-refractivity contribution in [2.75, 3.05) is 39.0 Å². The minimum absolute atomic E-state index is 0.213. The molecule has 3 N–H and O–H groups in total. The number of likely N-dealkylation sites (N-methyl/N-ethyl adjacent to an activating group) is 1. The van der Waals surface area contributed by atoms with E-state index in [1.807, 2.05) is 18.2 Å². The second-order valence-electron chi connectivity index (χ2n) is 7.99. The molecule has 0 atom stereocenters. The Kier molecular flexibility index (Phi) is 5.13. The van der Waals surface area contributed by atoms with Crippen LogP contribution in [0.5, 0.6) is 0 Å². The number of pyridine rings is 1. The number of aryl methyl sites for hydroxylation is 1. The van der Waals surface area contributed by atoms with E-state index in [-0.39, 0.29) is 5.82 Å². The molecule has 1 aliphatic rings. The number of benzene rings is 1. The van der Waals surface area contributed by atoms with Gasteiger partial charge in [-0.15, -0.1) is 0 Å². The Hall–Kier alpha value is -3.30. The molecule has 0 unspecified atom stereocenters. The molecule has 0 spiro atoms. The van der Waals surface area contributed by atoms with E-state index in [0.29, 0.717) is 11.5 Å². The summed E-state index contributed by atoms with van der Waals surface area (Å²) >= 11 is 0. The number of hydrogen-bond acceptors (Lipinski definition) is 8. The van der Waals surface area contributed by atoms with Crippen LogP contribution in [0.4, 0.5) is 5.82 Å². The Labute approximate surface area is 180 Å². The third-order valence-electron chi connectivity index (χ3n) is 5.92. The van der Waals surface area contributed by atoms with Crippen LogP contribution in [0.2, 0.25) is 0 Å². The molecule has 1 aliphatic heterocycles. The number of nitrogens with zero attached hydrogens (tertiary/aromatic N) is 6. The Bertz CT molecular complexity index is 1190. The van der Waals surface area contributed by atoms with Crippen LogP contribution >= 0.6 is 0 Å². The lowest BCUT2D eigenvalue weighted by Gasteiger charge is -2.32. The second kappa shape index (κ2) is 8.09. The number of anilines is 1. The van der Waals surface area contributed by atoms with Crippen molar-refractivity contribution in [3.8, 4) is 22.8 Å². The van der Waals surface area contributed by atoms with E-state index in [4.69, 9.17) is 20.3 Å². The summed E-state index contributed by atoms with van der Waals surface area (Å²) in [6, 6.07) is 10.2. The molecule has 9 heteroatoms. The molecule has 9 nitrogen and oxygen atoms in total. The van der Waals surface area contributed by atoms with Crippen molar-refractivity contribution in [1.82, 2.24) is 35.1 Å². The number of rotatable bonds is 5. The fraction of sp³-hybridized carbons (Fsp3) is 0.364. The Morgan fingerprint density at radius 1 is 1.03 bits per heavy atom. The number of piperazine rings is 1. The molecule has 0 bridgehead atoms. The van der Waals surface area contributed by atoms with Crippen LogP contribution in [-0.2, 0) is 13.0 Å². The van der Waals surface area contributed by atoms with Gasteiger partial charge in [-0.1, -0.05) is 37.3 Å². The van der Waals surface area contributed by atoms with Crippen molar-refractivity contribution in [2.45, 2.75) is 19.9 Å². The first-order valence-corrected chi connectivity index (χ1v) is 10.6. The molecule has 1 saturated heterocycles. The average molecular weight is 419 g/mol. The zero-order chi connectivity index (χ0) is 21.4. The predicted molar refractivity (Wildman–Crippen MR) is 119 cm³/mol. The summed E-state index contributed by atoms with van der Waals surface area (Å²) in [6.07, 6.45) is 0.828. The lowest BCUT2D eigenvalue weighted by Crippen LogP contribution is -2.44. The summed E-state index contributed by atoms with van der Waals surface area (Å²) in [6.45, 7) is 7.13. The summed E-state index contributed by atoms with van der Waals surface area (Å²) < 4.78 is 4.80. The van der Waals surface area contributed by atoms with E-state index in [1.165, 1.54) is 0 Å². The molecule has 0 saturated carbocycles. The largest absolute Gasteiger partial charge is 0.379 e. The van der Waals surface area contributed by atoms with Gasteiger partial charge in [-0.25, -0.2) is 9.61 Å². The molecule has 1 fully saturated rings. The normalized spacial score (nSPS) is 15.7. The molecule has 3 aromatic heterocycles. The summed E-state index contributed by atoms with van der Waals surface area (Å²) in [4.78, 5) is 18.2. The van der Waals surface area contributed by atoms with Crippen molar-refractivity contribution >= 4 is 16.9 Å². The third kappa shape index (κ3) is 3.66.